The number of rotatable bonds is 1. The molecule has 1 atom stereocenters. The molecule has 0 bridgehead atoms. The molecule has 0 saturated carbocycles. The van der Waals surface area contributed by atoms with E-state index in [2.05, 4.69) is 6.92 Å². The first-order valence-corrected chi connectivity index (χ1v) is 5.73. The van der Waals surface area contributed by atoms with Gasteiger partial charge in [0.1, 0.15) is 0 Å². The monoisotopic (exact) mass is 222 g/mol. The van der Waals surface area contributed by atoms with Gasteiger partial charge in [-0.2, -0.15) is 0 Å². The maximum atomic E-state index is 13.7. The fourth-order valence-electron chi connectivity index (χ4n) is 2.10. The Kier molecular flexibility index (Phi) is 3.08. The van der Waals surface area contributed by atoms with Crippen molar-refractivity contribution in [3.63, 3.8) is 0 Å². The lowest BCUT2D eigenvalue weighted by Crippen LogP contribution is -2.03. The van der Waals surface area contributed by atoms with Crippen LogP contribution in [0.25, 0.3) is 5.57 Å². The van der Waals surface area contributed by atoms with Gasteiger partial charge >= 0.3 is 0 Å². The molecular weight excluding hydrogens is 206 g/mol. The van der Waals surface area contributed by atoms with Crippen LogP contribution in [0.2, 0.25) is 0 Å². The standard InChI is InChI=1S/C14H16F2/c1-9-3-6-11(7-4-9)12-8-5-10(2)13(15)14(12)16/h5-6,8-9H,3-4,7H2,1-2H3. The molecule has 0 heterocycles. The van der Waals surface area contributed by atoms with E-state index in [1.807, 2.05) is 6.08 Å². The molecule has 0 radical (unpaired) electrons. The molecule has 0 aromatic heterocycles. The van der Waals surface area contributed by atoms with Gasteiger partial charge in [-0.05, 0) is 43.2 Å². The Bertz CT molecular complexity index is 433. The van der Waals surface area contributed by atoms with Crippen LogP contribution in [0.3, 0.4) is 0 Å². The predicted molar refractivity (Wildman–Crippen MR) is 62.1 cm³/mol. The Hall–Kier alpha value is -1.18. The lowest BCUT2D eigenvalue weighted by atomic mass is 9.87. The molecule has 1 aromatic carbocycles. The molecule has 16 heavy (non-hydrogen) atoms. The van der Waals surface area contributed by atoms with Crippen LogP contribution in [-0.4, -0.2) is 0 Å². The molecule has 86 valence electrons. The largest absolute Gasteiger partial charge is 0.203 e. The van der Waals surface area contributed by atoms with Crippen molar-refractivity contribution < 1.29 is 8.78 Å². The molecule has 1 aromatic rings. The van der Waals surface area contributed by atoms with Crippen molar-refractivity contribution in [2.45, 2.75) is 33.1 Å². The Balaban J connectivity index is 2.38. The summed E-state index contributed by atoms with van der Waals surface area (Å²) < 4.78 is 27.1. The molecule has 1 unspecified atom stereocenters. The van der Waals surface area contributed by atoms with Crippen molar-refractivity contribution in [1.82, 2.24) is 0 Å². The molecule has 0 nitrogen and oxygen atoms in total. The second-order valence-electron chi connectivity index (χ2n) is 4.67. The highest BCUT2D eigenvalue weighted by Crippen LogP contribution is 2.32. The average molecular weight is 222 g/mol. The smallest absolute Gasteiger partial charge is 0.166 e. The van der Waals surface area contributed by atoms with Crippen LogP contribution < -0.4 is 0 Å². The lowest BCUT2D eigenvalue weighted by molar-refractivity contribution is 0.496. The SMILES string of the molecule is Cc1ccc(C2=CCC(C)CC2)c(F)c1F. The highest BCUT2D eigenvalue weighted by Gasteiger charge is 2.17. The van der Waals surface area contributed by atoms with Crippen LogP contribution >= 0.6 is 0 Å². The summed E-state index contributed by atoms with van der Waals surface area (Å²) in [6, 6.07) is 3.34. The quantitative estimate of drug-likeness (QED) is 0.657. The highest BCUT2D eigenvalue weighted by atomic mass is 19.2. The van der Waals surface area contributed by atoms with Crippen molar-refractivity contribution in [2.24, 2.45) is 5.92 Å². The van der Waals surface area contributed by atoms with Gasteiger partial charge < -0.3 is 0 Å². The van der Waals surface area contributed by atoms with Crippen LogP contribution in [0.1, 0.15) is 37.3 Å². The maximum Gasteiger partial charge on any atom is 0.166 e. The Morgan fingerprint density at radius 2 is 1.94 bits per heavy atom. The van der Waals surface area contributed by atoms with E-state index < -0.39 is 11.6 Å². The second kappa shape index (κ2) is 4.36. The zero-order chi connectivity index (χ0) is 11.7. The molecule has 0 saturated heterocycles. The van der Waals surface area contributed by atoms with Gasteiger partial charge in [0.05, 0.1) is 0 Å². The molecule has 0 N–H and O–H groups in total. The molecule has 0 aliphatic heterocycles. The van der Waals surface area contributed by atoms with Crippen molar-refractivity contribution in [3.8, 4) is 0 Å². The van der Waals surface area contributed by atoms with Gasteiger partial charge in [-0.1, -0.05) is 25.1 Å². The topological polar surface area (TPSA) is 0 Å². The Morgan fingerprint density at radius 1 is 1.19 bits per heavy atom. The molecule has 0 fully saturated rings. The maximum absolute atomic E-state index is 13.7. The summed E-state index contributed by atoms with van der Waals surface area (Å²) in [6.07, 6.45) is 4.91. The molecule has 0 amide bonds. The Morgan fingerprint density at radius 3 is 2.56 bits per heavy atom. The number of benzene rings is 1. The van der Waals surface area contributed by atoms with Gasteiger partial charge in [-0.15, -0.1) is 0 Å². The van der Waals surface area contributed by atoms with Gasteiger partial charge in [-0.25, -0.2) is 8.78 Å². The second-order valence-corrected chi connectivity index (χ2v) is 4.67. The summed E-state index contributed by atoms with van der Waals surface area (Å²) in [7, 11) is 0. The predicted octanol–water partition coefficient (Wildman–Crippen LogP) is 4.48. The van der Waals surface area contributed by atoms with Crippen molar-refractivity contribution in [1.29, 1.82) is 0 Å². The molecule has 0 spiro atoms. The summed E-state index contributed by atoms with van der Waals surface area (Å²) in [4.78, 5) is 0. The van der Waals surface area contributed by atoms with E-state index in [4.69, 9.17) is 0 Å². The van der Waals surface area contributed by atoms with Crippen molar-refractivity contribution in [2.75, 3.05) is 0 Å². The average Bonchev–Trinajstić information content (AvgIpc) is 2.28. The normalized spacial score (nSPS) is 20.8. The summed E-state index contributed by atoms with van der Waals surface area (Å²) in [5, 5.41) is 0. The highest BCUT2D eigenvalue weighted by molar-refractivity contribution is 5.67. The van der Waals surface area contributed by atoms with Crippen molar-refractivity contribution >= 4 is 5.57 Å². The molecule has 2 heteroatoms. The zero-order valence-corrected chi connectivity index (χ0v) is 9.69. The third-order valence-electron chi connectivity index (χ3n) is 3.29. The van der Waals surface area contributed by atoms with Gasteiger partial charge in [0.15, 0.2) is 11.6 Å². The molecular formula is C14H16F2. The van der Waals surface area contributed by atoms with Crippen LogP contribution in [0.15, 0.2) is 18.2 Å². The van der Waals surface area contributed by atoms with Crippen LogP contribution in [-0.2, 0) is 0 Å². The molecule has 1 aliphatic carbocycles. The van der Waals surface area contributed by atoms with E-state index in [1.54, 1.807) is 19.1 Å². The van der Waals surface area contributed by atoms with E-state index in [1.165, 1.54) is 0 Å². The van der Waals surface area contributed by atoms with Crippen LogP contribution in [0.5, 0.6) is 0 Å². The third kappa shape index (κ3) is 2.01. The first kappa shape index (κ1) is 11.3. The first-order valence-electron chi connectivity index (χ1n) is 5.73. The fourth-order valence-corrected chi connectivity index (χ4v) is 2.10. The fraction of sp³-hybridized carbons (Fsp3) is 0.429. The van der Waals surface area contributed by atoms with Crippen LogP contribution in [0, 0.1) is 24.5 Å². The summed E-state index contributed by atoms with van der Waals surface area (Å²) in [6.45, 7) is 3.76. The Labute approximate surface area is 95.0 Å². The number of hydrogen-bond acceptors (Lipinski definition) is 0. The van der Waals surface area contributed by atoms with E-state index in [0.717, 1.165) is 24.8 Å². The lowest BCUT2D eigenvalue weighted by Gasteiger charge is -2.19. The summed E-state index contributed by atoms with van der Waals surface area (Å²) in [5.41, 5.74) is 1.76. The van der Waals surface area contributed by atoms with E-state index >= 15 is 0 Å². The molecule has 1 aliphatic rings. The summed E-state index contributed by atoms with van der Waals surface area (Å²) >= 11 is 0. The number of hydrogen-bond donors (Lipinski definition) is 0. The van der Waals surface area contributed by atoms with Crippen molar-refractivity contribution in [3.05, 3.63) is 41.0 Å². The van der Waals surface area contributed by atoms with Gasteiger partial charge in [0, 0.05) is 5.56 Å². The van der Waals surface area contributed by atoms with E-state index in [9.17, 15) is 8.78 Å². The van der Waals surface area contributed by atoms with E-state index in [0.29, 0.717) is 17.0 Å². The van der Waals surface area contributed by atoms with Gasteiger partial charge in [0.25, 0.3) is 0 Å². The number of halogens is 2. The van der Waals surface area contributed by atoms with Crippen LogP contribution in [0.4, 0.5) is 8.78 Å². The number of aryl methyl sites for hydroxylation is 1. The third-order valence-corrected chi connectivity index (χ3v) is 3.29. The molecule has 2 rings (SSSR count). The zero-order valence-electron chi connectivity index (χ0n) is 9.69. The summed E-state index contributed by atoms with van der Waals surface area (Å²) in [5.74, 6) is -0.750. The van der Waals surface area contributed by atoms with E-state index in [-0.39, 0.29) is 0 Å². The van der Waals surface area contributed by atoms with Gasteiger partial charge in [-0.3, -0.25) is 0 Å². The van der Waals surface area contributed by atoms with Gasteiger partial charge in [0.2, 0.25) is 0 Å². The minimum absolute atomic E-state index is 0.367. The minimum Gasteiger partial charge on any atom is -0.203 e. The first-order chi connectivity index (χ1) is 7.59. The number of allylic oxidation sites excluding steroid dienone is 2. The minimum atomic E-state index is -0.711.